The van der Waals surface area contributed by atoms with E-state index in [1.165, 1.54) is 6.07 Å². The number of alkyl halides is 3. The van der Waals surface area contributed by atoms with E-state index in [1.54, 1.807) is 6.07 Å². The van der Waals surface area contributed by atoms with E-state index in [9.17, 15) is 13.2 Å². The highest BCUT2D eigenvalue weighted by molar-refractivity contribution is 5.47. The van der Waals surface area contributed by atoms with Gasteiger partial charge in [0.05, 0.1) is 17.0 Å². The molecule has 1 saturated carbocycles. The molecule has 0 heterocycles. The molecule has 1 N–H and O–H groups in total. The Labute approximate surface area is 97.1 Å². The summed E-state index contributed by atoms with van der Waals surface area (Å²) in [7, 11) is 0. The normalized spacial score (nSPS) is 17.3. The predicted molar refractivity (Wildman–Crippen MR) is 57.2 cm³/mol. The van der Waals surface area contributed by atoms with E-state index in [1.807, 2.05) is 0 Å². The zero-order valence-corrected chi connectivity index (χ0v) is 9.01. The summed E-state index contributed by atoms with van der Waals surface area (Å²) in [5, 5.41) is 11.7. The Kier molecular flexibility index (Phi) is 2.74. The maximum Gasteiger partial charge on any atom is 0.416 e. The Morgan fingerprint density at radius 3 is 2.59 bits per heavy atom. The Hall–Kier alpha value is -1.70. The van der Waals surface area contributed by atoms with Crippen molar-refractivity contribution in [2.24, 2.45) is 5.41 Å². The van der Waals surface area contributed by atoms with Crippen molar-refractivity contribution in [1.82, 2.24) is 0 Å². The lowest BCUT2D eigenvalue weighted by Gasteiger charge is -2.12. The van der Waals surface area contributed by atoms with Crippen molar-refractivity contribution >= 4 is 5.69 Å². The van der Waals surface area contributed by atoms with Crippen LogP contribution in [0.25, 0.3) is 0 Å². The van der Waals surface area contributed by atoms with E-state index >= 15 is 0 Å². The van der Waals surface area contributed by atoms with E-state index in [-0.39, 0.29) is 5.41 Å². The maximum atomic E-state index is 12.4. The molecule has 0 radical (unpaired) electrons. The molecule has 0 amide bonds. The summed E-state index contributed by atoms with van der Waals surface area (Å²) in [6, 6.07) is 7.21. The van der Waals surface area contributed by atoms with Gasteiger partial charge < -0.3 is 5.32 Å². The highest BCUT2D eigenvalue weighted by Gasteiger charge is 2.42. The van der Waals surface area contributed by atoms with Crippen molar-refractivity contribution in [2.45, 2.75) is 19.0 Å². The van der Waals surface area contributed by atoms with Crippen molar-refractivity contribution < 1.29 is 13.2 Å². The number of hydrogen-bond acceptors (Lipinski definition) is 2. The topological polar surface area (TPSA) is 35.8 Å². The number of anilines is 1. The van der Waals surface area contributed by atoms with Gasteiger partial charge in [0.1, 0.15) is 0 Å². The van der Waals surface area contributed by atoms with E-state index in [0.29, 0.717) is 12.2 Å². The van der Waals surface area contributed by atoms with Gasteiger partial charge in [-0.3, -0.25) is 0 Å². The molecular weight excluding hydrogens is 229 g/mol. The van der Waals surface area contributed by atoms with Gasteiger partial charge in [-0.2, -0.15) is 18.4 Å². The molecule has 1 aliphatic carbocycles. The fourth-order valence-electron chi connectivity index (χ4n) is 1.56. The summed E-state index contributed by atoms with van der Waals surface area (Å²) in [4.78, 5) is 0. The quantitative estimate of drug-likeness (QED) is 0.878. The zero-order valence-electron chi connectivity index (χ0n) is 9.01. The molecule has 0 aliphatic heterocycles. The first-order chi connectivity index (χ1) is 7.95. The lowest BCUT2D eigenvalue weighted by atomic mass is 10.1. The second-order valence-electron chi connectivity index (χ2n) is 4.32. The molecule has 0 unspecified atom stereocenters. The molecule has 0 saturated heterocycles. The van der Waals surface area contributed by atoms with Crippen LogP contribution in [0.15, 0.2) is 24.3 Å². The van der Waals surface area contributed by atoms with Crippen molar-refractivity contribution in [3.63, 3.8) is 0 Å². The van der Waals surface area contributed by atoms with Crippen LogP contribution in [-0.4, -0.2) is 6.54 Å². The Morgan fingerprint density at radius 2 is 2.06 bits per heavy atom. The second kappa shape index (κ2) is 3.95. The number of nitrogens with one attached hydrogen (secondary N) is 1. The third-order valence-corrected chi connectivity index (χ3v) is 2.91. The zero-order chi connectivity index (χ0) is 12.5. The van der Waals surface area contributed by atoms with Crippen molar-refractivity contribution in [3.05, 3.63) is 29.8 Å². The smallest absolute Gasteiger partial charge is 0.383 e. The molecule has 2 rings (SSSR count). The van der Waals surface area contributed by atoms with Gasteiger partial charge in [-0.05, 0) is 31.0 Å². The van der Waals surface area contributed by atoms with Gasteiger partial charge in [0.15, 0.2) is 0 Å². The Balaban J connectivity index is 2.05. The van der Waals surface area contributed by atoms with Crippen LogP contribution in [0.5, 0.6) is 0 Å². The van der Waals surface area contributed by atoms with E-state index in [0.717, 1.165) is 25.0 Å². The highest BCUT2D eigenvalue weighted by atomic mass is 19.4. The van der Waals surface area contributed by atoms with Gasteiger partial charge in [0, 0.05) is 12.2 Å². The molecule has 17 heavy (non-hydrogen) atoms. The molecule has 1 aromatic rings. The van der Waals surface area contributed by atoms with Crippen LogP contribution in [0, 0.1) is 16.7 Å². The largest absolute Gasteiger partial charge is 0.416 e. The minimum Gasteiger partial charge on any atom is -0.383 e. The molecular formula is C12H11F3N2. The SMILES string of the molecule is N#CC1(CNc2cccc(C(F)(F)F)c2)CC1. The van der Waals surface area contributed by atoms with E-state index in [2.05, 4.69) is 11.4 Å². The van der Waals surface area contributed by atoms with Crippen LogP contribution < -0.4 is 5.32 Å². The van der Waals surface area contributed by atoms with Gasteiger partial charge in [0.2, 0.25) is 0 Å². The van der Waals surface area contributed by atoms with Gasteiger partial charge in [-0.15, -0.1) is 0 Å². The molecule has 1 aliphatic rings. The summed E-state index contributed by atoms with van der Waals surface area (Å²) in [6.45, 7) is 0.408. The van der Waals surface area contributed by atoms with Crippen molar-refractivity contribution in [1.29, 1.82) is 5.26 Å². The predicted octanol–water partition coefficient (Wildman–Crippen LogP) is 3.42. The summed E-state index contributed by atoms with van der Waals surface area (Å²) >= 11 is 0. The third-order valence-electron chi connectivity index (χ3n) is 2.91. The molecule has 1 aromatic carbocycles. The van der Waals surface area contributed by atoms with Crippen LogP contribution in [0.4, 0.5) is 18.9 Å². The summed E-state index contributed by atoms with van der Waals surface area (Å²) < 4.78 is 37.3. The average molecular weight is 240 g/mol. The van der Waals surface area contributed by atoms with Gasteiger partial charge >= 0.3 is 6.18 Å². The Bertz CT molecular complexity index is 456. The fourth-order valence-corrected chi connectivity index (χ4v) is 1.56. The molecule has 2 nitrogen and oxygen atoms in total. The summed E-state index contributed by atoms with van der Waals surface area (Å²) in [6.07, 6.45) is -2.70. The number of hydrogen-bond donors (Lipinski definition) is 1. The number of halogens is 3. The number of rotatable bonds is 3. The first-order valence-corrected chi connectivity index (χ1v) is 5.28. The van der Waals surface area contributed by atoms with E-state index < -0.39 is 11.7 Å². The van der Waals surface area contributed by atoms with Crippen LogP contribution >= 0.6 is 0 Å². The van der Waals surface area contributed by atoms with Crippen LogP contribution in [0.1, 0.15) is 18.4 Å². The number of nitrogens with zero attached hydrogens (tertiary/aromatic N) is 1. The van der Waals surface area contributed by atoms with Gasteiger partial charge in [0.25, 0.3) is 0 Å². The summed E-state index contributed by atoms with van der Waals surface area (Å²) in [5.74, 6) is 0. The van der Waals surface area contributed by atoms with Crippen molar-refractivity contribution in [3.8, 4) is 6.07 Å². The second-order valence-corrected chi connectivity index (χ2v) is 4.32. The van der Waals surface area contributed by atoms with Crippen LogP contribution in [0.2, 0.25) is 0 Å². The minimum atomic E-state index is -4.33. The molecule has 0 atom stereocenters. The molecule has 0 aromatic heterocycles. The molecule has 1 fully saturated rings. The third kappa shape index (κ3) is 2.70. The van der Waals surface area contributed by atoms with E-state index in [4.69, 9.17) is 5.26 Å². The van der Waals surface area contributed by atoms with Crippen LogP contribution in [-0.2, 0) is 6.18 Å². The number of nitriles is 1. The number of benzene rings is 1. The lowest BCUT2D eigenvalue weighted by molar-refractivity contribution is -0.137. The molecule has 5 heteroatoms. The Morgan fingerprint density at radius 1 is 1.35 bits per heavy atom. The highest BCUT2D eigenvalue weighted by Crippen LogP contribution is 2.44. The van der Waals surface area contributed by atoms with Crippen LogP contribution in [0.3, 0.4) is 0 Å². The lowest BCUT2D eigenvalue weighted by Crippen LogP contribution is -2.14. The molecule has 90 valence electrons. The first kappa shape index (κ1) is 11.8. The summed E-state index contributed by atoms with van der Waals surface area (Å²) in [5.41, 5.74) is -0.639. The first-order valence-electron chi connectivity index (χ1n) is 5.28. The fraction of sp³-hybridized carbons (Fsp3) is 0.417. The average Bonchev–Trinajstić information content (AvgIpc) is 3.06. The maximum absolute atomic E-state index is 12.4. The standard InChI is InChI=1S/C12H11F3N2/c13-12(14,15)9-2-1-3-10(6-9)17-8-11(7-16)4-5-11/h1-3,6,17H,4-5,8H2. The van der Waals surface area contributed by atoms with Gasteiger partial charge in [-0.25, -0.2) is 0 Å². The minimum absolute atomic E-state index is 0.367. The molecule has 0 bridgehead atoms. The van der Waals surface area contributed by atoms with Crippen molar-refractivity contribution in [2.75, 3.05) is 11.9 Å². The molecule has 0 spiro atoms. The van der Waals surface area contributed by atoms with Gasteiger partial charge in [-0.1, -0.05) is 6.07 Å². The monoisotopic (exact) mass is 240 g/mol.